The Labute approximate surface area is 160 Å². The molecule has 2 heterocycles. The number of aromatic nitrogens is 2. The first-order chi connectivity index (χ1) is 13.0. The standard InChI is InChI=1S/C22H28N4O/c1-15(10-16(2)13-24-3)11-17-12-19-8-9-26(22(19)25-14-17)20-6-4-18(5-7-20)21(23)27/h4-9,12,14-16,24H,10-11,13H2,1-3H3,(H2,23,27). The van der Waals surface area contributed by atoms with E-state index in [9.17, 15) is 4.79 Å². The first-order valence-corrected chi connectivity index (χ1v) is 9.48. The maximum absolute atomic E-state index is 11.2. The summed E-state index contributed by atoms with van der Waals surface area (Å²) in [5, 5.41) is 4.37. The summed E-state index contributed by atoms with van der Waals surface area (Å²) in [6, 6.07) is 11.6. The number of fused-ring (bicyclic) bond motifs is 1. The predicted octanol–water partition coefficient (Wildman–Crippen LogP) is 3.55. The van der Waals surface area contributed by atoms with Crippen molar-refractivity contribution in [3.05, 3.63) is 59.9 Å². The summed E-state index contributed by atoms with van der Waals surface area (Å²) in [7, 11) is 2.01. The molecule has 0 aliphatic carbocycles. The number of carbonyl (C=O) groups excluding carboxylic acids is 1. The van der Waals surface area contributed by atoms with Gasteiger partial charge in [-0.1, -0.05) is 13.8 Å². The van der Waals surface area contributed by atoms with Crippen molar-refractivity contribution in [1.29, 1.82) is 0 Å². The molecular formula is C22H28N4O. The topological polar surface area (TPSA) is 72.9 Å². The summed E-state index contributed by atoms with van der Waals surface area (Å²) in [5.74, 6) is 0.877. The Morgan fingerprint density at radius 3 is 2.59 bits per heavy atom. The molecule has 1 amide bonds. The van der Waals surface area contributed by atoms with Crippen molar-refractivity contribution in [2.75, 3.05) is 13.6 Å². The average Bonchev–Trinajstić information content (AvgIpc) is 3.05. The van der Waals surface area contributed by atoms with Crippen molar-refractivity contribution >= 4 is 16.9 Å². The molecule has 2 unspecified atom stereocenters. The van der Waals surface area contributed by atoms with Crippen LogP contribution in [0.5, 0.6) is 0 Å². The van der Waals surface area contributed by atoms with Gasteiger partial charge < -0.3 is 15.6 Å². The summed E-state index contributed by atoms with van der Waals surface area (Å²) in [4.78, 5) is 15.9. The molecule has 0 fully saturated rings. The van der Waals surface area contributed by atoms with Crippen molar-refractivity contribution in [3.8, 4) is 5.69 Å². The molecule has 27 heavy (non-hydrogen) atoms. The third-order valence-corrected chi connectivity index (χ3v) is 4.95. The number of nitrogens with two attached hydrogens (primary N) is 1. The number of rotatable bonds is 8. The maximum Gasteiger partial charge on any atom is 0.248 e. The molecule has 5 nitrogen and oxygen atoms in total. The number of amides is 1. The first-order valence-electron chi connectivity index (χ1n) is 9.48. The van der Waals surface area contributed by atoms with Crippen LogP contribution in [0.3, 0.4) is 0 Å². The average molecular weight is 364 g/mol. The second-order valence-electron chi connectivity index (χ2n) is 7.56. The highest BCUT2D eigenvalue weighted by molar-refractivity contribution is 5.93. The molecule has 0 aliphatic heterocycles. The third kappa shape index (κ3) is 4.55. The monoisotopic (exact) mass is 364 g/mol. The van der Waals surface area contributed by atoms with Gasteiger partial charge in [-0.15, -0.1) is 0 Å². The van der Waals surface area contributed by atoms with E-state index >= 15 is 0 Å². The van der Waals surface area contributed by atoms with E-state index in [1.165, 1.54) is 12.0 Å². The van der Waals surface area contributed by atoms with Gasteiger partial charge in [0.15, 0.2) is 0 Å². The summed E-state index contributed by atoms with van der Waals surface area (Å²) in [6.45, 7) is 5.65. The lowest BCUT2D eigenvalue weighted by atomic mass is 9.92. The van der Waals surface area contributed by atoms with Gasteiger partial charge in [-0.25, -0.2) is 4.98 Å². The van der Waals surface area contributed by atoms with Crippen LogP contribution in [0.15, 0.2) is 48.8 Å². The van der Waals surface area contributed by atoms with Gasteiger partial charge in [0.25, 0.3) is 0 Å². The predicted molar refractivity (Wildman–Crippen MR) is 110 cm³/mol. The van der Waals surface area contributed by atoms with Crippen LogP contribution in [0.25, 0.3) is 16.7 Å². The fourth-order valence-corrected chi connectivity index (χ4v) is 3.78. The van der Waals surface area contributed by atoms with E-state index in [1.807, 2.05) is 36.1 Å². The lowest BCUT2D eigenvalue weighted by Gasteiger charge is -2.17. The summed E-state index contributed by atoms with van der Waals surface area (Å²) in [5.41, 5.74) is 8.97. The van der Waals surface area contributed by atoms with Crippen LogP contribution in [0, 0.1) is 11.8 Å². The minimum atomic E-state index is -0.417. The van der Waals surface area contributed by atoms with Crippen LogP contribution in [0.1, 0.15) is 36.2 Å². The van der Waals surface area contributed by atoms with Crippen LogP contribution >= 0.6 is 0 Å². The maximum atomic E-state index is 11.2. The highest BCUT2D eigenvalue weighted by atomic mass is 16.1. The fraction of sp³-hybridized carbons (Fsp3) is 0.364. The minimum absolute atomic E-state index is 0.417. The highest BCUT2D eigenvalue weighted by Crippen LogP contribution is 2.22. The number of nitrogens with one attached hydrogen (secondary N) is 1. The van der Waals surface area contributed by atoms with E-state index in [-0.39, 0.29) is 0 Å². The SMILES string of the molecule is CNCC(C)CC(C)Cc1cnc2c(ccn2-c2ccc(C(N)=O)cc2)c1. The number of nitrogens with zero attached hydrogens (tertiary/aromatic N) is 2. The van der Waals surface area contributed by atoms with E-state index in [0.29, 0.717) is 17.4 Å². The molecule has 2 atom stereocenters. The van der Waals surface area contributed by atoms with Crippen molar-refractivity contribution in [2.24, 2.45) is 17.6 Å². The Bertz CT molecular complexity index is 914. The number of benzene rings is 1. The first kappa shape index (κ1) is 19.1. The van der Waals surface area contributed by atoms with Crippen LogP contribution < -0.4 is 11.1 Å². The summed E-state index contributed by atoms with van der Waals surface area (Å²) in [6.07, 6.45) is 6.23. The zero-order valence-corrected chi connectivity index (χ0v) is 16.3. The van der Waals surface area contributed by atoms with Crippen molar-refractivity contribution < 1.29 is 4.79 Å². The van der Waals surface area contributed by atoms with Gasteiger partial charge in [0.1, 0.15) is 5.65 Å². The molecule has 3 rings (SSSR count). The number of primary amides is 1. The Hall–Kier alpha value is -2.66. The minimum Gasteiger partial charge on any atom is -0.366 e. The van der Waals surface area contributed by atoms with E-state index in [1.54, 1.807) is 12.1 Å². The largest absolute Gasteiger partial charge is 0.366 e. The van der Waals surface area contributed by atoms with Gasteiger partial charge >= 0.3 is 0 Å². The molecule has 0 spiro atoms. The smallest absolute Gasteiger partial charge is 0.248 e. The fourth-order valence-electron chi connectivity index (χ4n) is 3.78. The van der Waals surface area contributed by atoms with Gasteiger partial charge in [0.2, 0.25) is 5.91 Å². The van der Waals surface area contributed by atoms with Crippen molar-refractivity contribution in [3.63, 3.8) is 0 Å². The highest BCUT2D eigenvalue weighted by Gasteiger charge is 2.11. The lowest BCUT2D eigenvalue weighted by molar-refractivity contribution is 0.100. The molecule has 142 valence electrons. The number of hydrogen-bond donors (Lipinski definition) is 2. The van der Waals surface area contributed by atoms with Gasteiger partial charge in [-0.3, -0.25) is 4.79 Å². The van der Waals surface area contributed by atoms with Crippen molar-refractivity contribution in [1.82, 2.24) is 14.9 Å². The lowest BCUT2D eigenvalue weighted by Crippen LogP contribution is -2.18. The number of pyridine rings is 1. The molecule has 3 N–H and O–H groups in total. The molecule has 1 aromatic carbocycles. The zero-order valence-electron chi connectivity index (χ0n) is 16.3. The van der Waals surface area contributed by atoms with Crippen LogP contribution in [-0.4, -0.2) is 29.1 Å². The van der Waals surface area contributed by atoms with Gasteiger partial charge in [0.05, 0.1) is 0 Å². The molecule has 0 saturated carbocycles. The second-order valence-corrected chi connectivity index (χ2v) is 7.56. The Balaban J connectivity index is 1.77. The Kier molecular flexibility index (Phi) is 5.91. The van der Waals surface area contributed by atoms with Crippen LogP contribution in [0.2, 0.25) is 0 Å². The molecule has 0 radical (unpaired) electrons. The summed E-state index contributed by atoms with van der Waals surface area (Å²) >= 11 is 0. The number of carbonyl (C=O) groups is 1. The van der Waals surface area contributed by atoms with Gasteiger partial charge in [-0.2, -0.15) is 0 Å². The second kappa shape index (κ2) is 8.35. The quantitative estimate of drug-likeness (QED) is 0.642. The van der Waals surface area contributed by atoms with Gasteiger partial charge in [-0.05, 0) is 80.2 Å². The molecular weight excluding hydrogens is 336 g/mol. The number of hydrogen-bond acceptors (Lipinski definition) is 3. The van der Waals surface area contributed by atoms with E-state index in [0.717, 1.165) is 29.7 Å². The molecule has 0 saturated heterocycles. The van der Waals surface area contributed by atoms with E-state index < -0.39 is 5.91 Å². The normalized spacial score (nSPS) is 13.6. The van der Waals surface area contributed by atoms with E-state index in [4.69, 9.17) is 10.7 Å². The Morgan fingerprint density at radius 1 is 1.19 bits per heavy atom. The molecule has 3 aromatic rings. The van der Waals surface area contributed by atoms with Crippen molar-refractivity contribution in [2.45, 2.75) is 26.7 Å². The van der Waals surface area contributed by atoms with Crippen LogP contribution in [-0.2, 0) is 6.42 Å². The van der Waals surface area contributed by atoms with Crippen LogP contribution in [0.4, 0.5) is 0 Å². The Morgan fingerprint density at radius 2 is 1.93 bits per heavy atom. The molecule has 5 heteroatoms. The molecule has 0 aliphatic rings. The summed E-state index contributed by atoms with van der Waals surface area (Å²) < 4.78 is 2.03. The molecule has 0 bridgehead atoms. The third-order valence-electron chi connectivity index (χ3n) is 4.95. The molecule has 2 aromatic heterocycles. The van der Waals surface area contributed by atoms with Gasteiger partial charge in [0, 0.05) is 29.0 Å². The van der Waals surface area contributed by atoms with E-state index in [2.05, 4.69) is 31.3 Å². The zero-order chi connectivity index (χ0) is 19.4.